The van der Waals surface area contributed by atoms with Crippen molar-refractivity contribution in [3.8, 4) is 11.5 Å². The molecule has 2 rings (SSSR count). The van der Waals surface area contributed by atoms with Crippen molar-refractivity contribution in [2.45, 2.75) is 11.8 Å². The average Bonchev–Trinajstić information content (AvgIpc) is 2.49. The standard InChI is InChI=1S/C15H17NO4S/c1-11-9-15(20-3)13(10-14(11)19-2)16-21(17,18)12-7-5-4-6-8-12/h4-10,16H,1-3H3. The van der Waals surface area contributed by atoms with Crippen LogP contribution in [0, 0.1) is 6.92 Å². The van der Waals surface area contributed by atoms with Gasteiger partial charge in [0.05, 0.1) is 24.8 Å². The molecule has 2 aromatic rings. The lowest BCUT2D eigenvalue weighted by Gasteiger charge is -2.14. The van der Waals surface area contributed by atoms with Gasteiger partial charge in [-0.3, -0.25) is 4.72 Å². The molecule has 5 nitrogen and oxygen atoms in total. The number of sulfonamides is 1. The second-order valence-corrected chi connectivity index (χ2v) is 6.12. The van der Waals surface area contributed by atoms with Crippen LogP contribution >= 0.6 is 0 Å². The minimum absolute atomic E-state index is 0.187. The number of anilines is 1. The second kappa shape index (κ2) is 6.05. The molecule has 0 saturated carbocycles. The van der Waals surface area contributed by atoms with Crippen molar-refractivity contribution in [2.24, 2.45) is 0 Å². The fourth-order valence-corrected chi connectivity index (χ4v) is 3.02. The molecule has 0 bridgehead atoms. The van der Waals surface area contributed by atoms with Gasteiger partial charge in [-0.2, -0.15) is 0 Å². The number of hydrogen-bond acceptors (Lipinski definition) is 4. The van der Waals surface area contributed by atoms with Crippen molar-refractivity contribution in [3.05, 3.63) is 48.0 Å². The molecule has 112 valence electrons. The van der Waals surface area contributed by atoms with Crippen molar-refractivity contribution >= 4 is 15.7 Å². The predicted octanol–water partition coefficient (Wildman–Crippen LogP) is 2.81. The van der Waals surface area contributed by atoms with E-state index in [1.807, 2.05) is 6.92 Å². The number of nitrogens with one attached hydrogen (secondary N) is 1. The Labute approximate surface area is 124 Å². The normalized spacial score (nSPS) is 11.0. The third kappa shape index (κ3) is 3.28. The smallest absolute Gasteiger partial charge is 0.262 e. The van der Waals surface area contributed by atoms with Crippen LogP contribution in [-0.2, 0) is 10.0 Å². The molecule has 1 N–H and O–H groups in total. The van der Waals surface area contributed by atoms with Crippen LogP contribution in [0.4, 0.5) is 5.69 Å². The monoisotopic (exact) mass is 307 g/mol. The van der Waals surface area contributed by atoms with E-state index in [2.05, 4.69) is 4.72 Å². The van der Waals surface area contributed by atoms with Gasteiger partial charge in [0.2, 0.25) is 0 Å². The quantitative estimate of drug-likeness (QED) is 0.922. The topological polar surface area (TPSA) is 64.6 Å². The third-order valence-electron chi connectivity index (χ3n) is 3.01. The van der Waals surface area contributed by atoms with Crippen molar-refractivity contribution < 1.29 is 17.9 Å². The van der Waals surface area contributed by atoms with Crippen molar-refractivity contribution in [1.29, 1.82) is 0 Å². The largest absolute Gasteiger partial charge is 0.496 e. The Morgan fingerprint density at radius 3 is 2.14 bits per heavy atom. The molecule has 6 heteroatoms. The predicted molar refractivity (Wildman–Crippen MR) is 81.5 cm³/mol. The van der Waals surface area contributed by atoms with Gasteiger partial charge in [-0.25, -0.2) is 8.42 Å². The van der Waals surface area contributed by atoms with Gasteiger partial charge in [0, 0.05) is 6.07 Å². The second-order valence-electron chi connectivity index (χ2n) is 4.44. The highest BCUT2D eigenvalue weighted by atomic mass is 32.2. The number of benzene rings is 2. The van der Waals surface area contributed by atoms with E-state index in [0.717, 1.165) is 5.56 Å². The third-order valence-corrected chi connectivity index (χ3v) is 4.40. The highest BCUT2D eigenvalue weighted by Crippen LogP contribution is 2.33. The maximum absolute atomic E-state index is 12.3. The SMILES string of the molecule is COc1cc(NS(=O)(=O)c2ccccc2)c(OC)cc1C. The first-order valence-electron chi connectivity index (χ1n) is 6.28. The molecule has 0 aromatic heterocycles. The Morgan fingerprint density at radius 1 is 0.952 bits per heavy atom. The molecule has 0 atom stereocenters. The van der Waals surface area contributed by atoms with Gasteiger partial charge in [-0.15, -0.1) is 0 Å². The first kappa shape index (κ1) is 15.2. The Kier molecular flexibility index (Phi) is 4.37. The molecule has 0 radical (unpaired) electrons. The highest BCUT2D eigenvalue weighted by Gasteiger charge is 2.17. The number of aryl methyl sites for hydroxylation is 1. The summed E-state index contributed by atoms with van der Waals surface area (Å²) in [5.41, 5.74) is 1.20. The summed E-state index contributed by atoms with van der Waals surface area (Å²) in [6.07, 6.45) is 0. The molecule has 0 fully saturated rings. The minimum atomic E-state index is -3.67. The summed E-state index contributed by atoms with van der Waals surface area (Å²) in [4.78, 5) is 0.187. The molecular formula is C15H17NO4S. The summed E-state index contributed by atoms with van der Waals surface area (Å²) < 4.78 is 37.7. The maximum atomic E-state index is 12.3. The van der Waals surface area contributed by atoms with Crippen molar-refractivity contribution in [3.63, 3.8) is 0 Å². The number of hydrogen-bond donors (Lipinski definition) is 1. The summed E-state index contributed by atoms with van der Waals surface area (Å²) in [5, 5.41) is 0. The molecule has 0 aliphatic carbocycles. The number of methoxy groups -OCH3 is 2. The lowest BCUT2D eigenvalue weighted by atomic mass is 10.2. The first-order valence-corrected chi connectivity index (χ1v) is 7.76. The highest BCUT2D eigenvalue weighted by molar-refractivity contribution is 7.92. The number of rotatable bonds is 5. The Bertz CT molecular complexity index is 727. The van der Waals surface area contributed by atoms with E-state index in [-0.39, 0.29) is 4.90 Å². The molecule has 0 saturated heterocycles. The van der Waals surface area contributed by atoms with Crippen molar-refractivity contribution in [1.82, 2.24) is 0 Å². The molecule has 0 amide bonds. The molecule has 21 heavy (non-hydrogen) atoms. The average molecular weight is 307 g/mol. The summed E-state index contributed by atoms with van der Waals surface area (Å²) in [7, 11) is -0.650. The molecular weight excluding hydrogens is 290 g/mol. The van der Waals surface area contributed by atoms with Gasteiger partial charge in [-0.05, 0) is 30.7 Å². The van der Waals surface area contributed by atoms with E-state index in [1.54, 1.807) is 30.3 Å². The molecule has 0 unspecified atom stereocenters. The van der Waals surface area contributed by atoms with Gasteiger partial charge in [0.25, 0.3) is 10.0 Å². The molecule has 0 spiro atoms. The maximum Gasteiger partial charge on any atom is 0.262 e. The van der Waals surface area contributed by atoms with Crippen LogP contribution in [0.25, 0.3) is 0 Å². The summed E-state index contributed by atoms with van der Waals surface area (Å²) in [5.74, 6) is 1.02. The summed E-state index contributed by atoms with van der Waals surface area (Å²) in [6.45, 7) is 1.86. The zero-order chi connectivity index (χ0) is 15.5. The molecule has 2 aromatic carbocycles. The van der Waals surface area contributed by atoms with Gasteiger partial charge in [0.1, 0.15) is 11.5 Å². The molecule has 0 aliphatic rings. The zero-order valence-electron chi connectivity index (χ0n) is 12.1. The first-order chi connectivity index (χ1) is 9.97. The Hall–Kier alpha value is -2.21. The van der Waals surface area contributed by atoms with Gasteiger partial charge in [-0.1, -0.05) is 18.2 Å². The van der Waals surface area contributed by atoms with E-state index in [9.17, 15) is 8.42 Å². The van der Waals surface area contributed by atoms with E-state index in [1.165, 1.54) is 26.4 Å². The van der Waals surface area contributed by atoms with E-state index >= 15 is 0 Å². The summed E-state index contributed by atoms with van der Waals surface area (Å²) >= 11 is 0. The fraction of sp³-hybridized carbons (Fsp3) is 0.200. The lowest BCUT2D eigenvalue weighted by molar-refractivity contribution is 0.402. The van der Waals surface area contributed by atoms with Crippen LogP contribution < -0.4 is 14.2 Å². The Morgan fingerprint density at radius 2 is 1.57 bits per heavy atom. The van der Waals surface area contributed by atoms with E-state index in [4.69, 9.17) is 9.47 Å². The van der Waals surface area contributed by atoms with Crippen LogP contribution in [0.1, 0.15) is 5.56 Å². The summed E-state index contributed by atoms with van der Waals surface area (Å²) in [6, 6.07) is 11.5. The Balaban J connectivity index is 2.43. The van der Waals surface area contributed by atoms with Gasteiger partial charge >= 0.3 is 0 Å². The van der Waals surface area contributed by atoms with E-state index in [0.29, 0.717) is 17.2 Å². The number of ether oxygens (including phenoxy) is 2. The fourth-order valence-electron chi connectivity index (χ4n) is 1.93. The van der Waals surface area contributed by atoms with E-state index < -0.39 is 10.0 Å². The van der Waals surface area contributed by atoms with Crippen LogP contribution in [0.5, 0.6) is 11.5 Å². The molecule has 0 heterocycles. The van der Waals surface area contributed by atoms with Crippen LogP contribution in [0.2, 0.25) is 0 Å². The van der Waals surface area contributed by atoms with Crippen LogP contribution in [0.3, 0.4) is 0 Å². The lowest BCUT2D eigenvalue weighted by Crippen LogP contribution is -2.13. The van der Waals surface area contributed by atoms with Crippen LogP contribution in [-0.4, -0.2) is 22.6 Å². The van der Waals surface area contributed by atoms with Crippen LogP contribution in [0.15, 0.2) is 47.4 Å². The van der Waals surface area contributed by atoms with Crippen molar-refractivity contribution in [2.75, 3.05) is 18.9 Å². The molecule has 0 aliphatic heterocycles. The minimum Gasteiger partial charge on any atom is -0.496 e. The zero-order valence-corrected chi connectivity index (χ0v) is 12.9. The van der Waals surface area contributed by atoms with Gasteiger partial charge in [0.15, 0.2) is 0 Å². The van der Waals surface area contributed by atoms with Gasteiger partial charge < -0.3 is 9.47 Å².